The number of anilines is 1. The molecule has 5 nitrogen and oxygen atoms in total. The van der Waals surface area contributed by atoms with Crippen LogP contribution < -0.4 is 10.1 Å². The van der Waals surface area contributed by atoms with Gasteiger partial charge in [-0.25, -0.2) is 0 Å². The lowest BCUT2D eigenvalue weighted by molar-refractivity contribution is -0.128. The fraction of sp³-hybridized carbons (Fsp3) is 0.364. The zero-order valence-electron chi connectivity index (χ0n) is 16.1. The summed E-state index contributed by atoms with van der Waals surface area (Å²) < 4.78 is 5.37. The van der Waals surface area contributed by atoms with Crippen molar-refractivity contribution in [3.63, 3.8) is 0 Å². The summed E-state index contributed by atoms with van der Waals surface area (Å²) in [6.07, 6.45) is 1.09. The third kappa shape index (κ3) is 4.13. The van der Waals surface area contributed by atoms with Crippen molar-refractivity contribution < 1.29 is 14.3 Å². The van der Waals surface area contributed by atoms with E-state index in [9.17, 15) is 9.59 Å². The van der Waals surface area contributed by atoms with Crippen LogP contribution in [0.3, 0.4) is 0 Å². The largest absolute Gasteiger partial charge is 0.496 e. The molecule has 0 spiro atoms. The highest BCUT2D eigenvalue weighted by Crippen LogP contribution is 2.27. The number of benzene rings is 2. The van der Waals surface area contributed by atoms with Gasteiger partial charge in [-0.2, -0.15) is 0 Å². The average Bonchev–Trinajstić information content (AvgIpc) is 3.04. The fourth-order valence-corrected chi connectivity index (χ4v) is 3.57. The molecule has 0 bridgehead atoms. The minimum absolute atomic E-state index is 0.00144. The molecule has 1 heterocycles. The molecule has 3 rings (SSSR count). The molecule has 2 aromatic carbocycles. The highest BCUT2D eigenvalue weighted by Gasteiger charge is 2.34. The van der Waals surface area contributed by atoms with Crippen LogP contribution in [0.25, 0.3) is 0 Å². The quantitative estimate of drug-likeness (QED) is 0.850. The molecule has 2 aromatic rings. The molecule has 0 aromatic heterocycles. The van der Waals surface area contributed by atoms with Gasteiger partial charge in [0.1, 0.15) is 5.75 Å². The highest BCUT2D eigenvalue weighted by molar-refractivity contribution is 5.98. The number of amides is 2. The van der Waals surface area contributed by atoms with Gasteiger partial charge in [0.15, 0.2) is 0 Å². The average molecular weight is 366 g/mol. The number of nitrogens with zero attached hydrogens (tertiary/aromatic N) is 1. The SMILES string of the molecule is CCc1cccc(C)c1NC(=O)C1CC(=O)N(Cc2ccccc2OC)C1. The van der Waals surface area contributed by atoms with E-state index < -0.39 is 0 Å². The van der Waals surface area contributed by atoms with E-state index >= 15 is 0 Å². The smallest absolute Gasteiger partial charge is 0.229 e. The van der Waals surface area contributed by atoms with Crippen LogP contribution in [0, 0.1) is 12.8 Å². The maximum atomic E-state index is 12.8. The molecular formula is C22H26N2O3. The van der Waals surface area contributed by atoms with E-state index in [1.165, 1.54) is 0 Å². The van der Waals surface area contributed by atoms with Crippen LogP contribution in [0.4, 0.5) is 5.69 Å². The van der Waals surface area contributed by atoms with Crippen LogP contribution in [0.5, 0.6) is 5.75 Å². The number of carbonyl (C=O) groups excluding carboxylic acids is 2. The van der Waals surface area contributed by atoms with Gasteiger partial charge in [-0.05, 0) is 30.5 Å². The van der Waals surface area contributed by atoms with Crippen molar-refractivity contribution in [1.82, 2.24) is 4.90 Å². The Balaban J connectivity index is 1.69. The molecule has 1 saturated heterocycles. The maximum Gasteiger partial charge on any atom is 0.229 e. The minimum atomic E-state index is -0.337. The number of rotatable bonds is 6. The third-order valence-electron chi connectivity index (χ3n) is 5.13. The first kappa shape index (κ1) is 19.0. The second-order valence-electron chi connectivity index (χ2n) is 6.94. The van der Waals surface area contributed by atoms with Gasteiger partial charge in [0.25, 0.3) is 0 Å². The Morgan fingerprint density at radius 2 is 1.93 bits per heavy atom. The molecule has 27 heavy (non-hydrogen) atoms. The van der Waals surface area contributed by atoms with E-state index in [2.05, 4.69) is 12.2 Å². The van der Waals surface area contributed by atoms with Crippen molar-refractivity contribution >= 4 is 17.5 Å². The summed E-state index contributed by atoms with van der Waals surface area (Å²) in [5.74, 6) is 0.332. The van der Waals surface area contributed by atoms with Crippen LogP contribution in [-0.4, -0.2) is 30.4 Å². The molecule has 1 aliphatic rings. The summed E-state index contributed by atoms with van der Waals surface area (Å²) in [6.45, 7) is 4.94. The minimum Gasteiger partial charge on any atom is -0.496 e. The second-order valence-corrected chi connectivity index (χ2v) is 6.94. The number of hydrogen-bond acceptors (Lipinski definition) is 3. The summed E-state index contributed by atoms with van der Waals surface area (Å²) in [6, 6.07) is 13.7. The van der Waals surface area contributed by atoms with E-state index in [0.717, 1.165) is 34.5 Å². The van der Waals surface area contributed by atoms with Crippen molar-refractivity contribution in [1.29, 1.82) is 0 Å². The molecule has 1 unspecified atom stereocenters. The van der Waals surface area contributed by atoms with Gasteiger partial charge in [-0.1, -0.05) is 43.3 Å². The number of ether oxygens (including phenoxy) is 1. The first-order chi connectivity index (χ1) is 13.0. The van der Waals surface area contributed by atoms with E-state index in [1.54, 1.807) is 12.0 Å². The first-order valence-corrected chi connectivity index (χ1v) is 9.32. The summed E-state index contributed by atoms with van der Waals surface area (Å²) >= 11 is 0. The summed E-state index contributed by atoms with van der Waals surface area (Å²) in [7, 11) is 1.62. The van der Waals surface area contributed by atoms with Crippen LogP contribution in [0.1, 0.15) is 30.0 Å². The molecule has 5 heteroatoms. The van der Waals surface area contributed by atoms with E-state index in [0.29, 0.717) is 13.1 Å². The Morgan fingerprint density at radius 1 is 1.19 bits per heavy atom. The highest BCUT2D eigenvalue weighted by atomic mass is 16.5. The van der Waals surface area contributed by atoms with Gasteiger partial charge in [-0.15, -0.1) is 0 Å². The Kier molecular flexibility index (Phi) is 5.79. The lowest BCUT2D eigenvalue weighted by Gasteiger charge is -2.19. The molecule has 0 aliphatic carbocycles. The lowest BCUT2D eigenvalue weighted by Crippen LogP contribution is -2.28. The topological polar surface area (TPSA) is 58.6 Å². The van der Waals surface area contributed by atoms with E-state index in [1.807, 2.05) is 49.4 Å². The Bertz CT molecular complexity index is 847. The normalized spacial score (nSPS) is 16.5. The predicted molar refractivity (Wildman–Crippen MR) is 106 cm³/mol. The van der Waals surface area contributed by atoms with Gasteiger partial charge >= 0.3 is 0 Å². The lowest BCUT2D eigenvalue weighted by atomic mass is 10.0. The molecule has 142 valence electrons. The number of hydrogen-bond donors (Lipinski definition) is 1. The third-order valence-corrected chi connectivity index (χ3v) is 5.13. The second kappa shape index (κ2) is 8.25. The monoisotopic (exact) mass is 366 g/mol. The van der Waals surface area contributed by atoms with Crippen LogP contribution in [0.2, 0.25) is 0 Å². The van der Waals surface area contributed by atoms with Crippen LogP contribution in [0.15, 0.2) is 42.5 Å². The molecule has 0 radical (unpaired) electrons. The number of carbonyl (C=O) groups is 2. The zero-order chi connectivity index (χ0) is 19.4. The molecular weight excluding hydrogens is 340 g/mol. The summed E-state index contributed by atoms with van der Waals surface area (Å²) in [5.41, 5.74) is 3.97. The Morgan fingerprint density at radius 3 is 2.67 bits per heavy atom. The summed E-state index contributed by atoms with van der Waals surface area (Å²) in [4.78, 5) is 27.0. The zero-order valence-corrected chi connectivity index (χ0v) is 16.1. The maximum absolute atomic E-state index is 12.8. The Hall–Kier alpha value is -2.82. The molecule has 1 N–H and O–H groups in total. The standard InChI is InChI=1S/C22H26N2O3/c1-4-16-10-7-8-15(2)21(16)23-22(26)18-12-20(25)24(14-18)13-17-9-5-6-11-19(17)27-3/h5-11,18H,4,12-14H2,1-3H3,(H,23,26). The van der Waals surface area contributed by atoms with Crippen molar-refractivity contribution in [3.05, 3.63) is 59.2 Å². The number of methoxy groups -OCH3 is 1. The molecule has 1 atom stereocenters. The van der Waals surface area contributed by atoms with E-state index in [4.69, 9.17) is 4.74 Å². The van der Waals surface area contributed by atoms with Crippen molar-refractivity contribution in [2.75, 3.05) is 19.0 Å². The van der Waals surface area contributed by atoms with E-state index in [-0.39, 0.29) is 24.2 Å². The number of para-hydroxylation sites is 2. The Labute approximate surface area is 160 Å². The molecule has 2 amide bonds. The van der Waals surface area contributed by atoms with Gasteiger partial charge in [-0.3, -0.25) is 9.59 Å². The van der Waals surface area contributed by atoms with Crippen molar-refractivity contribution in [3.8, 4) is 5.75 Å². The van der Waals surface area contributed by atoms with Crippen LogP contribution in [-0.2, 0) is 22.6 Å². The predicted octanol–water partition coefficient (Wildman–Crippen LogP) is 3.55. The van der Waals surface area contributed by atoms with Crippen molar-refractivity contribution in [2.45, 2.75) is 33.2 Å². The van der Waals surface area contributed by atoms with Crippen molar-refractivity contribution in [2.24, 2.45) is 5.92 Å². The number of aryl methyl sites for hydroxylation is 2. The van der Waals surface area contributed by atoms with Gasteiger partial charge < -0.3 is 15.0 Å². The fourth-order valence-electron chi connectivity index (χ4n) is 3.57. The first-order valence-electron chi connectivity index (χ1n) is 9.32. The van der Waals surface area contributed by atoms with Gasteiger partial charge in [0, 0.05) is 30.8 Å². The number of likely N-dealkylation sites (tertiary alicyclic amines) is 1. The molecule has 0 saturated carbocycles. The number of nitrogens with one attached hydrogen (secondary N) is 1. The van der Waals surface area contributed by atoms with Gasteiger partial charge in [0.05, 0.1) is 13.0 Å². The molecule has 1 aliphatic heterocycles. The van der Waals surface area contributed by atoms with Crippen LogP contribution >= 0.6 is 0 Å². The molecule has 1 fully saturated rings. The summed E-state index contributed by atoms with van der Waals surface area (Å²) in [5, 5.41) is 3.06. The van der Waals surface area contributed by atoms with Gasteiger partial charge in [0.2, 0.25) is 11.8 Å².